The van der Waals surface area contributed by atoms with Crippen LogP contribution in [-0.2, 0) is 16.1 Å². The first-order valence-electron chi connectivity index (χ1n) is 9.93. The van der Waals surface area contributed by atoms with Crippen LogP contribution in [0.2, 0.25) is 0 Å². The molecule has 2 saturated heterocycles. The fourth-order valence-corrected chi connectivity index (χ4v) is 5.01. The number of urea groups is 1. The molecule has 2 aliphatic heterocycles. The van der Waals surface area contributed by atoms with E-state index in [1.807, 2.05) is 47.0 Å². The fraction of sp³-hybridized carbons (Fsp3) is 0.619. The van der Waals surface area contributed by atoms with Crippen molar-refractivity contribution >= 4 is 23.7 Å². The van der Waals surface area contributed by atoms with Crippen molar-refractivity contribution in [3.63, 3.8) is 0 Å². The van der Waals surface area contributed by atoms with Gasteiger partial charge in [0, 0.05) is 38.5 Å². The summed E-state index contributed by atoms with van der Waals surface area (Å²) in [6.45, 7) is 5.06. The van der Waals surface area contributed by atoms with Crippen LogP contribution in [0, 0.1) is 0 Å². The molecule has 154 valence electrons. The molecule has 2 fully saturated rings. The van der Waals surface area contributed by atoms with Gasteiger partial charge in [-0.3, -0.25) is 14.6 Å². The average Bonchev–Trinajstić information content (AvgIpc) is 2.89. The molecule has 3 amide bonds. The van der Waals surface area contributed by atoms with Gasteiger partial charge in [0.15, 0.2) is 0 Å². The van der Waals surface area contributed by atoms with Crippen molar-refractivity contribution in [3.8, 4) is 0 Å². The lowest BCUT2D eigenvalue weighted by molar-refractivity contribution is -0.136. The molecule has 0 bridgehead atoms. The highest BCUT2D eigenvalue weighted by Gasteiger charge is 2.57. The smallest absolute Gasteiger partial charge is 0.328 e. The minimum Gasteiger partial charge on any atom is -0.383 e. The number of hydrogen-bond acceptors (Lipinski definition) is 5. The highest BCUT2D eigenvalue weighted by Crippen LogP contribution is 2.38. The summed E-state index contributed by atoms with van der Waals surface area (Å²) in [6.07, 6.45) is 3.50. The summed E-state index contributed by atoms with van der Waals surface area (Å²) < 4.78 is 5.13. The van der Waals surface area contributed by atoms with Gasteiger partial charge in [0.2, 0.25) is 0 Å². The predicted molar refractivity (Wildman–Crippen MR) is 112 cm³/mol. The van der Waals surface area contributed by atoms with Gasteiger partial charge in [-0.25, -0.2) is 4.79 Å². The van der Waals surface area contributed by atoms with Crippen LogP contribution in [-0.4, -0.2) is 83.6 Å². The Morgan fingerprint density at radius 3 is 2.46 bits per heavy atom. The second-order valence-electron chi connectivity index (χ2n) is 7.68. The lowest BCUT2D eigenvalue weighted by Gasteiger charge is -2.44. The number of imide groups is 1. The van der Waals surface area contributed by atoms with E-state index < -0.39 is 5.54 Å². The highest BCUT2D eigenvalue weighted by molar-refractivity contribution is 7.98. The van der Waals surface area contributed by atoms with Crippen molar-refractivity contribution in [2.45, 2.75) is 37.9 Å². The van der Waals surface area contributed by atoms with Crippen molar-refractivity contribution in [3.05, 3.63) is 35.9 Å². The Balaban J connectivity index is 1.82. The van der Waals surface area contributed by atoms with Crippen molar-refractivity contribution in [1.82, 2.24) is 14.7 Å². The van der Waals surface area contributed by atoms with Crippen molar-refractivity contribution in [1.29, 1.82) is 0 Å². The minimum atomic E-state index is -0.726. The number of amides is 3. The van der Waals surface area contributed by atoms with Gasteiger partial charge in [0.25, 0.3) is 5.91 Å². The third-order valence-electron chi connectivity index (χ3n) is 5.98. The summed E-state index contributed by atoms with van der Waals surface area (Å²) in [7, 11) is 1.59. The van der Waals surface area contributed by atoms with E-state index in [9.17, 15) is 9.59 Å². The van der Waals surface area contributed by atoms with Gasteiger partial charge in [-0.1, -0.05) is 30.3 Å². The lowest BCUT2D eigenvalue weighted by Crippen LogP contribution is -2.57. The van der Waals surface area contributed by atoms with Crippen LogP contribution in [0.15, 0.2) is 30.3 Å². The van der Waals surface area contributed by atoms with Crippen LogP contribution < -0.4 is 0 Å². The Kier molecular flexibility index (Phi) is 7.01. The summed E-state index contributed by atoms with van der Waals surface area (Å²) in [5.74, 6) is 1.02. The number of nitrogens with zero attached hydrogens (tertiary/aromatic N) is 3. The van der Waals surface area contributed by atoms with Crippen molar-refractivity contribution < 1.29 is 14.3 Å². The summed E-state index contributed by atoms with van der Waals surface area (Å²) in [4.78, 5) is 32.2. The molecule has 28 heavy (non-hydrogen) atoms. The van der Waals surface area contributed by atoms with Crippen molar-refractivity contribution in [2.24, 2.45) is 0 Å². The van der Waals surface area contributed by atoms with E-state index >= 15 is 0 Å². The molecule has 0 N–H and O–H groups in total. The highest BCUT2D eigenvalue weighted by atomic mass is 32.2. The zero-order valence-corrected chi connectivity index (χ0v) is 17.9. The number of piperidine rings is 1. The zero-order chi connectivity index (χ0) is 20.1. The molecule has 6 nitrogen and oxygen atoms in total. The molecular weight excluding hydrogens is 374 g/mol. The van der Waals surface area contributed by atoms with E-state index in [1.54, 1.807) is 7.11 Å². The maximum absolute atomic E-state index is 13.4. The van der Waals surface area contributed by atoms with E-state index in [4.69, 9.17) is 4.74 Å². The number of carbonyl (C=O) groups is 2. The number of ether oxygens (including phenoxy) is 1. The summed E-state index contributed by atoms with van der Waals surface area (Å²) >= 11 is 1.84. The minimum absolute atomic E-state index is 0.0531. The first-order chi connectivity index (χ1) is 13.5. The molecule has 7 heteroatoms. The Morgan fingerprint density at radius 2 is 1.86 bits per heavy atom. The van der Waals surface area contributed by atoms with Crippen LogP contribution in [0.25, 0.3) is 0 Å². The molecule has 1 spiro atoms. The van der Waals surface area contributed by atoms with Gasteiger partial charge < -0.3 is 9.64 Å². The van der Waals surface area contributed by atoms with Gasteiger partial charge in [-0.05, 0) is 31.6 Å². The Bertz CT molecular complexity index is 677. The third-order valence-corrected chi connectivity index (χ3v) is 6.80. The number of hydrogen-bond donors (Lipinski definition) is 0. The Hall–Kier alpha value is -1.57. The lowest BCUT2D eigenvalue weighted by atomic mass is 9.85. The van der Waals surface area contributed by atoms with E-state index in [2.05, 4.69) is 18.1 Å². The van der Waals surface area contributed by atoms with E-state index in [1.165, 1.54) is 4.90 Å². The molecule has 1 aromatic carbocycles. The topological polar surface area (TPSA) is 53.1 Å². The standard InChI is InChI=1S/C21H31N3O3S/c1-17(16-28-3)22-11-9-21(10-12-22)19(25)23(13-14-27-2)20(26)24(21)15-18-7-5-4-6-8-18/h4-8,17H,9-16H2,1-3H3/t17-/m0/s1. The van der Waals surface area contributed by atoms with Crippen LogP contribution in [0.5, 0.6) is 0 Å². The molecule has 1 atom stereocenters. The number of likely N-dealkylation sites (tertiary alicyclic amines) is 1. The van der Waals surface area contributed by atoms with E-state index in [0.29, 0.717) is 38.6 Å². The molecule has 1 aromatic rings. The third kappa shape index (κ3) is 4.07. The number of benzene rings is 1. The molecule has 3 rings (SSSR count). The van der Waals surface area contributed by atoms with Gasteiger partial charge in [-0.15, -0.1) is 0 Å². The second-order valence-corrected chi connectivity index (χ2v) is 8.59. The van der Waals surface area contributed by atoms with Crippen LogP contribution in [0.1, 0.15) is 25.3 Å². The largest absolute Gasteiger partial charge is 0.383 e. The van der Waals surface area contributed by atoms with E-state index in [0.717, 1.165) is 24.4 Å². The number of rotatable bonds is 8. The Morgan fingerprint density at radius 1 is 1.18 bits per heavy atom. The van der Waals surface area contributed by atoms with E-state index in [-0.39, 0.29) is 11.9 Å². The first-order valence-corrected chi connectivity index (χ1v) is 11.3. The molecule has 0 aromatic heterocycles. The number of carbonyl (C=O) groups excluding carboxylic acids is 2. The van der Waals surface area contributed by atoms with Gasteiger partial charge >= 0.3 is 6.03 Å². The normalized spacial score (nSPS) is 21.0. The molecule has 2 aliphatic rings. The predicted octanol–water partition coefficient (Wildman–Crippen LogP) is 2.68. The average molecular weight is 406 g/mol. The molecule has 2 heterocycles. The molecule has 0 saturated carbocycles. The molecular formula is C21H31N3O3S. The monoisotopic (exact) mass is 405 g/mol. The summed E-state index contributed by atoms with van der Waals surface area (Å²) in [5, 5.41) is 0. The Labute approximate surface area is 172 Å². The molecule has 0 radical (unpaired) electrons. The molecule has 0 unspecified atom stereocenters. The SMILES string of the molecule is COCCN1C(=O)N(Cc2ccccc2)C2(CCN([C@@H](C)CSC)CC2)C1=O. The quantitative estimate of drug-likeness (QED) is 0.623. The molecule has 0 aliphatic carbocycles. The summed E-state index contributed by atoms with van der Waals surface area (Å²) in [5.41, 5.74) is 0.325. The van der Waals surface area contributed by atoms with Crippen LogP contribution >= 0.6 is 11.8 Å². The second kappa shape index (κ2) is 9.29. The van der Waals surface area contributed by atoms with Gasteiger partial charge in [-0.2, -0.15) is 11.8 Å². The van der Waals surface area contributed by atoms with Gasteiger partial charge in [0.1, 0.15) is 5.54 Å². The zero-order valence-electron chi connectivity index (χ0n) is 17.1. The maximum atomic E-state index is 13.4. The van der Waals surface area contributed by atoms with Crippen molar-refractivity contribution in [2.75, 3.05) is 45.4 Å². The maximum Gasteiger partial charge on any atom is 0.328 e. The van der Waals surface area contributed by atoms with Crippen LogP contribution in [0.4, 0.5) is 4.79 Å². The summed E-state index contributed by atoms with van der Waals surface area (Å²) in [6, 6.07) is 10.2. The number of methoxy groups -OCH3 is 1. The first kappa shape index (κ1) is 21.1. The fourth-order valence-electron chi connectivity index (χ4n) is 4.31. The van der Waals surface area contributed by atoms with Crippen LogP contribution in [0.3, 0.4) is 0 Å². The number of thioether (sulfide) groups is 1. The van der Waals surface area contributed by atoms with Gasteiger partial charge in [0.05, 0.1) is 13.2 Å².